The number of halogens is 4. The van der Waals surface area contributed by atoms with Gasteiger partial charge in [0, 0.05) is 0 Å². The Morgan fingerprint density at radius 1 is 1.20 bits per heavy atom. The lowest BCUT2D eigenvalue weighted by molar-refractivity contribution is -0.137. The Balaban J connectivity index is 2.92. The number of pyridine rings is 1. The first-order valence-electron chi connectivity index (χ1n) is 6.20. The molecule has 0 spiro atoms. The molecule has 0 N–H and O–H groups in total. The number of alkyl halides is 3. The first-order chi connectivity index (χ1) is 8.83. The summed E-state index contributed by atoms with van der Waals surface area (Å²) in [6.07, 6.45) is -4.38. The van der Waals surface area contributed by atoms with Crippen molar-refractivity contribution in [3.63, 3.8) is 0 Å². The van der Waals surface area contributed by atoms with Gasteiger partial charge in [-0.1, -0.05) is 20.8 Å². The molecule has 1 rings (SSSR count). The maximum Gasteiger partial charge on any atom is 0.416 e. The Hall–Kier alpha value is -0.403. The Bertz CT molecular complexity index is 483. The minimum atomic E-state index is -4.38. The van der Waals surface area contributed by atoms with E-state index in [2.05, 4.69) is 54.8 Å². The fourth-order valence-electron chi connectivity index (χ4n) is 1.26. The SMILES string of the molecule is CC(C)(C)[Si](C)(C)OCc1cc(C(F)(F)F)cc(Br)n1. The zero-order valence-electron chi connectivity index (χ0n) is 12.2. The van der Waals surface area contributed by atoms with E-state index in [-0.39, 0.29) is 21.9 Å². The van der Waals surface area contributed by atoms with Crippen molar-refractivity contribution in [2.45, 2.75) is 51.7 Å². The van der Waals surface area contributed by atoms with Gasteiger partial charge in [0.2, 0.25) is 0 Å². The van der Waals surface area contributed by atoms with Crippen molar-refractivity contribution in [3.8, 4) is 0 Å². The molecule has 0 saturated carbocycles. The van der Waals surface area contributed by atoms with Gasteiger partial charge >= 0.3 is 6.18 Å². The molecule has 2 nitrogen and oxygen atoms in total. The molecule has 0 radical (unpaired) electrons. The molecule has 0 unspecified atom stereocenters. The molecule has 0 fully saturated rings. The predicted molar refractivity (Wildman–Crippen MR) is 78.9 cm³/mol. The van der Waals surface area contributed by atoms with Crippen molar-refractivity contribution in [2.24, 2.45) is 0 Å². The number of rotatable bonds is 3. The first kappa shape index (κ1) is 17.6. The van der Waals surface area contributed by atoms with Crippen molar-refractivity contribution in [1.82, 2.24) is 4.98 Å². The van der Waals surface area contributed by atoms with Crippen molar-refractivity contribution < 1.29 is 17.6 Å². The van der Waals surface area contributed by atoms with Crippen LogP contribution in [0.25, 0.3) is 0 Å². The van der Waals surface area contributed by atoms with Gasteiger partial charge in [-0.05, 0) is 46.2 Å². The standard InChI is InChI=1S/C13H19BrF3NOSi/c1-12(2,3)20(4,5)19-8-10-6-9(13(15,16)17)7-11(14)18-10/h6-7H,8H2,1-5H3. The lowest BCUT2D eigenvalue weighted by Gasteiger charge is -2.36. The van der Waals surface area contributed by atoms with Crippen molar-refractivity contribution >= 4 is 24.2 Å². The summed E-state index contributed by atoms with van der Waals surface area (Å²) < 4.78 is 44.3. The zero-order valence-corrected chi connectivity index (χ0v) is 14.8. The largest absolute Gasteiger partial charge is 0.416 e. The van der Waals surface area contributed by atoms with Crippen LogP contribution in [0.4, 0.5) is 13.2 Å². The lowest BCUT2D eigenvalue weighted by atomic mass is 10.2. The van der Waals surface area contributed by atoms with E-state index < -0.39 is 20.1 Å². The highest BCUT2D eigenvalue weighted by Gasteiger charge is 2.37. The highest BCUT2D eigenvalue weighted by molar-refractivity contribution is 9.10. The molecule has 0 bridgehead atoms. The molecule has 20 heavy (non-hydrogen) atoms. The topological polar surface area (TPSA) is 22.1 Å². The maximum atomic E-state index is 12.7. The van der Waals surface area contributed by atoms with E-state index in [0.717, 1.165) is 12.1 Å². The van der Waals surface area contributed by atoms with E-state index in [1.54, 1.807) is 0 Å². The second-order valence-corrected chi connectivity index (χ2v) is 11.8. The first-order valence-corrected chi connectivity index (χ1v) is 9.91. The Kier molecular flexibility index (Phi) is 5.09. The molecule has 1 heterocycles. The van der Waals surface area contributed by atoms with Crippen LogP contribution in [0.2, 0.25) is 18.1 Å². The summed E-state index contributed by atoms with van der Waals surface area (Å²) in [5.74, 6) is 0. The summed E-state index contributed by atoms with van der Waals surface area (Å²) >= 11 is 3.01. The number of hydrogen-bond donors (Lipinski definition) is 0. The number of aromatic nitrogens is 1. The van der Waals surface area contributed by atoms with E-state index in [1.807, 2.05) is 0 Å². The molecule has 0 aliphatic carbocycles. The molecule has 1 aromatic rings. The molecular weight excluding hydrogens is 351 g/mol. The Morgan fingerprint density at radius 2 is 1.75 bits per heavy atom. The van der Waals surface area contributed by atoms with Gasteiger partial charge in [0.1, 0.15) is 4.60 Å². The maximum absolute atomic E-state index is 12.7. The monoisotopic (exact) mass is 369 g/mol. The van der Waals surface area contributed by atoms with Crippen LogP contribution in [0, 0.1) is 0 Å². The van der Waals surface area contributed by atoms with Crippen molar-refractivity contribution in [2.75, 3.05) is 0 Å². The van der Waals surface area contributed by atoms with Crippen LogP contribution >= 0.6 is 15.9 Å². The van der Waals surface area contributed by atoms with Crippen LogP contribution in [0.3, 0.4) is 0 Å². The smallest absolute Gasteiger partial charge is 0.411 e. The molecule has 0 atom stereocenters. The molecule has 0 aliphatic heterocycles. The minimum Gasteiger partial charge on any atom is -0.411 e. The van der Waals surface area contributed by atoms with E-state index in [1.165, 1.54) is 0 Å². The third kappa shape index (κ3) is 4.56. The molecule has 0 aliphatic rings. The molecule has 0 aromatic carbocycles. The fraction of sp³-hybridized carbons (Fsp3) is 0.615. The average Bonchev–Trinajstić information content (AvgIpc) is 2.23. The van der Waals surface area contributed by atoms with Crippen LogP contribution in [0.5, 0.6) is 0 Å². The predicted octanol–water partition coefficient (Wildman–Crippen LogP) is 5.38. The minimum absolute atomic E-state index is 0.00582. The second kappa shape index (κ2) is 5.77. The van der Waals surface area contributed by atoms with Crippen molar-refractivity contribution in [3.05, 3.63) is 28.0 Å². The lowest BCUT2D eigenvalue weighted by Crippen LogP contribution is -2.40. The third-order valence-corrected chi connectivity index (χ3v) is 8.45. The van der Waals surface area contributed by atoms with Crippen LogP contribution in [0.1, 0.15) is 32.0 Å². The van der Waals surface area contributed by atoms with Gasteiger partial charge in [0.05, 0.1) is 17.9 Å². The summed E-state index contributed by atoms with van der Waals surface area (Å²) in [5.41, 5.74) is -0.426. The van der Waals surface area contributed by atoms with E-state index >= 15 is 0 Å². The summed E-state index contributed by atoms with van der Waals surface area (Å²) in [6, 6.07) is 2.01. The molecule has 114 valence electrons. The van der Waals surface area contributed by atoms with Crippen molar-refractivity contribution in [1.29, 1.82) is 0 Å². The zero-order chi connectivity index (χ0) is 15.8. The van der Waals surface area contributed by atoms with Gasteiger partial charge in [-0.25, -0.2) is 4.98 Å². The van der Waals surface area contributed by atoms with Gasteiger partial charge in [-0.2, -0.15) is 13.2 Å². The van der Waals surface area contributed by atoms with Crippen LogP contribution in [-0.2, 0) is 17.2 Å². The highest BCUT2D eigenvalue weighted by Crippen LogP contribution is 2.37. The average molecular weight is 370 g/mol. The third-order valence-electron chi connectivity index (χ3n) is 3.56. The number of hydrogen-bond acceptors (Lipinski definition) is 2. The Labute approximate surface area is 127 Å². The Morgan fingerprint density at radius 3 is 2.20 bits per heavy atom. The van der Waals surface area contributed by atoms with E-state index in [9.17, 15) is 13.2 Å². The van der Waals surface area contributed by atoms with Gasteiger partial charge in [0.25, 0.3) is 0 Å². The summed E-state index contributed by atoms with van der Waals surface area (Å²) in [7, 11) is -2.00. The summed E-state index contributed by atoms with van der Waals surface area (Å²) in [5, 5.41) is 0.00582. The second-order valence-electron chi connectivity index (χ2n) is 6.22. The van der Waals surface area contributed by atoms with Crippen LogP contribution in [0.15, 0.2) is 16.7 Å². The van der Waals surface area contributed by atoms with E-state index in [4.69, 9.17) is 4.43 Å². The van der Waals surface area contributed by atoms with Gasteiger partial charge in [-0.3, -0.25) is 0 Å². The molecule has 0 saturated heterocycles. The van der Waals surface area contributed by atoms with Gasteiger partial charge in [-0.15, -0.1) is 0 Å². The van der Waals surface area contributed by atoms with Gasteiger partial charge in [0.15, 0.2) is 8.32 Å². The van der Waals surface area contributed by atoms with E-state index in [0.29, 0.717) is 0 Å². The molecular formula is C13H19BrF3NOSi. The molecule has 0 amide bonds. The van der Waals surface area contributed by atoms with Crippen LogP contribution < -0.4 is 0 Å². The van der Waals surface area contributed by atoms with Gasteiger partial charge < -0.3 is 4.43 Å². The van der Waals surface area contributed by atoms with Crippen LogP contribution in [-0.4, -0.2) is 13.3 Å². The number of nitrogens with zero attached hydrogens (tertiary/aromatic N) is 1. The quantitative estimate of drug-likeness (QED) is 0.526. The molecule has 7 heteroatoms. The summed E-state index contributed by atoms with van der Waals surface area (Å²) in [6.45, 7) is 10.4. The highest BCUT2D eigenvalue weighted by atomic mass is 79.9. The molecule has 1 aromatic heterocycles. The fourth-order valence-corrected chi connectivity index (χ4v) is 2.68. The summed E-state index contributed by atoms with van der Waals surface area (Å²) in [4.78, 5) is 4.05. The normalized spacial score (nSPS) is 13.7.